The zero-order chi connectivity index (χ0) is 16.2. The van der Waals surface area contributed by atoms with Crippen LogP contribution in [0.5, 0.6) is 11.5 Å². The predicted octanol–water partition coefficient (Wildman–Crippen LogP) is 3.19. The topological polar surface area (TPSA) is 59.6 Å². The number of rotatable bonds is 5. The van der Waals surface area contributed by atoms with Gasteiger partial charge in [-0.05, 0) is 48.9 Å². The van der Waals surface area contributed by atoms with Gasteiger partial charge in [0, 0.05) is 17.3 Å². The standard InChI is InChI=1S/C17H17ClN2O3/c1-11(20-14-5-3-13(18)4-6-14)17(21)19-9-12-2-7-15-16(8-12)23-10-22-15/h2-8,11,20H,9-10H2,1H3,(H,19,21)/t11-/m0/s1. The molecule has 0 unspecified atom stereocenters. The number of halogens is 1. The second kappa shape index (κ2) is 6.79. The van der Waals surface area contributed by atoms with Crippen LogP contribution in [0.3, 0.4) is 0 Å². The summed E-state index contributed by atoms with van der Waals surface area (Å²) in [7, 11) is 0. The molecule has 0 fully saturated rings. The highest BCUT2D eigenvalue weighted by Gasteiger charge is 2.15. The van der Waals surface area contributed by atoms with Crippen molar-refractivity contribution in [2.75, 3.05) is 12.1 Å². The van der Waals surface area contributed by atoms with Crippen LogP contribution >= 0.6 is 11.6 Å². The first-order valence-corrected chi connectivity index (χ1v) is 7.68. The van der Waals surface area contributed by atoms with Crippen LogP contribution in [0, 0.1) is 0 Å². The number of ether oxygens (including phenoxy) is 2. The highest BCUT2D eigenvalue weighted by molar-refractivity contribution is 6.30. The number of benzene rings is 2. The minimum Gasteiger partial charge on any atom is -0.454 e. The lowest BCUT2D eigenvalue weighted by Crippen LogP contribution is -2.37. The number of amides is 1. The molecule has 0 spiro atoms. The molecule has 6 heteroatoms. The Morgan fingerprint density at radius 1 is 1.17 bits per heavy atom. The van der Waals surface area contributed by atoms with E-state index in [0.717, 1.165) is 17.0 Å². The lowest BCUT2D eigenvalue weighted by molar-refractivity contribution is -0.121. The molecule has 23 heavy (non-hydrogen) atoms. The average molecular weight is 333 g/mol. The van der Waals surface area contributed by atoms with Gasteiger partial charge in [-0.2, -0.15) is 0 Å². The maximum Gasteiger partial charge on any atom is 0.242 e. The molecule has 0 saturated heterocycles. The SMILES string of the molecule is C[C@H](Nc1ccc(Cl)cc1)C(=O)NCc1ccc2c(c1)OCO2. The highest BCUT2D eigenvalue weighted by Crippen LogP contribution is 2.32. The summed E-state index contributed by atoms with van der Waals surface area (Å²) in [6.07, 6.45) is 0. The Morgan fingerprint density at radius 3 is 2.70 bits per heavy atom. The van der Waals surface area contributed by atoms with Crippen molar-refractivity contribution in [2.45, 2.75) is 19.5 Å². The van der Waals surface area contributed by atoms with Crippen molar-refractivity contribution in [3.05, 3.63) is 53.1 Å². The predicted molar refractivity (Wildman–Crippen MR) is 88.9 cm³/mol. The van der Waals surface area contributed by atoms with Crippen molar-refractivity contribution in [2.24, 2.45) is 0 Å². The van der Waals surface area contributed by atoms with Crippen LogP contribution in [0.25, 0.3) is 0 Å². The third kappa shape index (κ3) is 3.87. The van der Waals surface area contributed by atoms with Crippen LogP contribution in [-0.2, 0) is 11.3 Å². The molecular weight excluding hydrogens is 316 g/mol. The third-order valence-corrected chi connectivity index (χ3v) is 3.78. The molecule has 0 radical (unpaired) electrons. The number of carbonyl (C=O) groups excluding carboxylic acids is 1. The summed E-state index contributed by atoms with van der Waals surface area (Å²) in [6.45, 7) is 2.49. The van der Waals surface area contributed by atoms with Crippen molar-refractivity contribution >= 4 is 23.2 Å². The van der Waals surface area contributed by atoms with E-state index in [1.54, 1.807) is 12.1 Å². The second-order valence-electron chi connectivity index (χ2n) is 5.28. The minimum absolute atomic E-state index is 0.0855. The Balaban J connectivity index is 1.53. The molecule has 0 aliphatic carbocycles. The van der Waals surface area contributed by atoms with Crippen molar-refractivity contribution in [3.63, 3.8) is 0 Å². The van der Waals surface area contributed by atoms with Gasteiger partial charge in [-0.3, -0.25) is 4.79 Å². The number of anilines is 1. The fourth-order valence-corrected chi connectivity index (χ4v) is 2.38. The number of fused-ring (bicyclic) bond motifs is 1. The van der Waals surface area contributed by atoms with Crippen LogP contribution in [0.2, 0.25) is 5.02 Å². The molecule has 1 amide bonds. The third-order valence-electron chi connectivity index (χ3n) is 3.52. The van der Waals surface area contributed by atoms with Gasteiger partial charge < -0.3 is 20.1 Å². The van der Waals surface area contributed by atoms with Crippen LogP contribution in [0.15, 0.2) is 42.5 Å². The second-order valence-corrected chi connectivity index (χ2v) is 5.71. The molecule has 5 nitrogen and oxygen atoms in total. The summed E-state index contributed by atoms with van der Waals surface area (Å²) in [5.41, 5.74) is 1.81. The van der Waals surface area contributed by atoms with E-state index in [1.807, 2.05) is 37.3 Å². The molecule has 1 aliphatic rings. The first-order chi connectivity index (χ1) is 11.1. The van der Waals surface area contributed by atoms with Gasteiger partial charge in [0.05, 0.1) is 0 Å². The Labute approximate surface area is 139 Å². The van der Waals surface area contributed by atoms with Crippen LogP contribution < -0.4 is 20.1 Å². The van der Waals surface area contributed by atoms with Crippen molar-refractivity contribution in [3.8, 4) is 11.5 Å². The zero-order valence-corrected chi connectivity index (χ0v) is 13.4. The molecule has 120 valence electrons. The molecule has 2 aromatic rings. The number of hydrogen-bond acceptors (Lipinski definition) is 4. The van der Waals surface area contributed by atoms with E-state index < -0.39 is 0 Å². The van der Waals surface area contributed by atoms with E-state index >= 15 is 0 Å². The number of hydrogen-bond donors (Lipinski definition) is 2. The van der Waals surface area contributed by atoms with Crippen molar-refractivity contribution in [1.29, 1.82) is 0 Å². The van der Waals surface area contributed by atoms with Gasteiger partial charge in [-0.15, -0.1) is 0 Å². The van der Waals surface area contributed by atoms with E-state index in [9.17, 15) is 4.79 Å². The van der Waals surface area contributed by atoms with Crippen LogP contribution in [0.4, 0.5) is 5.69 Å². The highest BCUT2D eigenvalue weighted by atomic mass is 35.5. The monoisotopic (exact) mass is 332 g/mol. The quantitative estimate of drug-likeness (QED) is 0.883. The summed E-state index contributed by atoms with van der Waals surface area (Å²) >= 11 is 5.84. The van der Waals surface area contributed by atoms with Crippen LogP contribution in [0.1, 0.15) is 12.5 Å². The molecule has 1 atom stereocenters. The van der Waals surface area contributed by atoms with Gasteiger partial charge in [-0.1, -0.05) is 17.7 Å². The smallest absolute Gasteiger partial charge is 0.242 e. The van der Waals surface area contributed by atoms with E-state index in [2.05, 4.69) is 10.6 Å². The maximum absolute atomic E-state index is 12.2. The van der Waals surface area contributed by atoms with E-state index in [1.165, 1.54) is 0 Å². The molecule has 2 aromatic carbocycles. The fraction of sp³-hybridized carbons (Fsp3) is 0.235. The average Bonchev–Trinajstić information content (AvgIpc) is 3.02. The summed E-state index contributed by atoms with van der Waals surface area (Å²) in [6, 6.07) is 12.5. The Kier molecular flexibility index (Phi) is 4.57. The number of nitrogens with one attached hydrogen (secondary N) is 2. The van der Waals surface area contributed by atoms with E-state index in [-0.39, 0.29) is 18.7 Å². The van der Waals surface area contributed by atoms with E-state index in [0.29, 0.717) is 17.3 Å². The Bertz CT molecular complexity index is 703. The van der Waals surface area contributed by atoms with Gasteiger partial charge in [-0.25, -0.2) is 0 Å². The molecule has 1 heterocycles. The Hall–Kier alpha value is -2.40. The van der Waals surface area contributed by atoms with Crippen molar-refractivity contribution in [1.82, 2.24) is 5.32 Å². The van der Waals surface area contributed by atoms with E-state index in [4.69, 9.17) is 21.1 Å². The minimum atomic E-state index is -0.356. The fourth-order valence-electron chi connectivity index (χ4n) is 2.25. The lowest BCUT2D eigenvalue weighted by atomic mass is 10.2. The maximum atomic E-state index is 12.2. The first kappa shape index (κ1) is 15.5. The molecule has 0 saturated carbocycles. The largest absolute Gasteiger partial charge is 0.454 e. The summed E-state index contributed by atoms with van der Waals surface area (Å²) in [5.74, 6) is 1.36. The molecule has 2 N–H and O–H groups in total. The lowest BCUT2D eigenvalue weighted by Gasteiger charge is -2.15. The molecule has 1 aliphatic heterocycles. The van der Waals surface area contributed by atoms with Gasteiger partial charge in [0.25, 0.3) is 0 Å². The molecule has 3 rings (SSSR count). The normalized spacial score (nSPS) is 13.5. The van der Waals surface area contributed by atoms with Gasteiger partial charge in [0.15, 0.2) is 11.5 Å². The molecule has 0 aromatic heterocycles. The summed E-state index contributed by atoms with van der Waals surface area (Å²) in [5, 5.41) is 6.69. The van der Waals surface area contributed by atoms with Crippen LogP contribution in [-0.4, -0.2) is 18.7 Å². The Morgan fingerprint density at radius 2 is 1.91 bits per heavy atom. The van der Waals surface area contributed by atoms with Gasteiger partial charge in [0.1, 0.15) is 6.04 Å². The summed E-state index contributed by atoms with van der Waals surface area (Å²) in [4.78, 5) is 12.2. The first-order valence-electron chi connectivity index (χ1n) is 7.30. The number of carbonyl (C=O) groups is 1. The molecule has 0 bridgehead atoms. The zero-order valence-electron chi connectivity index (χ0n) is 12.6. The molecular formula is C17H17ClN2O3. The summed E-state index contributed by atoms with van der Waals surface area (Å²) < 4.78 is 10.6. The van der Waals surface area contributed by atoms with Gasteiger partial charge >= 0.3 is 0 Å². The van der Waals surface area contributed by atoms with Crippen molar-refractivity contribution < 1.29 is 14.3 Å². The van der Waals surface area contributed by atoms with Gasteiger partial charge in [0.2, 0.25) is 12.7 Å².